The zero-order valence-electron chi connectivity index (χ0n) is 10.9. The molecule has 1 saturated carbocycles. The molecule has 4 nitrogen and oxygen atoms in total. The van der Waals surface area contributed by atoms with Crippen LogP contribution in [0.5, 0.6) is 0 Å². The molecule has 4 heteroatoms. The van der Waals surface area contributed by atoms with Crippen LogP contribution in [0.2, 0.25) is 0 Å². The van der Waals surface area contributed by atoms with Gasteiger partial charge in [0.15, 0.2) is 0 Å². The second kappa shape index (κ2) is 6.05. The third-order valence-electron chi connectivity index (χ3n) is 3.82. The molecule has 0 aliphatic heterocycles. The number of rotatable bonds is 4. The molecule has 1 aliphatic rings. The molecule has 0 aromatic carbocycles. The number of hydrogen-bond acceptors (Lipinski definition) is 2. The Hall–Kier alpha value is -1.29. The standard InChI is InChI=1S/C14H22N2O2/c1-16(9-7-11-6-8-15-10-11)14(18)12-2-4-13(17)5-3-12/h6,8,10,12-13,15,17H,2-5,7,9H2,1H3. The maximum Gasteiger partial charge on any atom is 0.225 e. The third kappa shape index (κ3) is 3.35. The molecule has 1 fully saturated rings. The number of likely N-dealkylation sites (N-methyl/N-ethyl adjacent to an activating group) is 1. The second-order valence-corrected chi connectivity index (χ2v) is 5.23. The Balaban J connectivity index is 1.77. The molecule has 1 aromatic rings. The number of nitrogens with zero attached hydrogens (tertiary/aromatic N) is 1. The van der Waals surface area contributed by atoms with Crippen LogP contribution in [0.3, 0.4) is 0 Å². The Bertz CT molecular complexity index is 367. The van der Waals surface area contributed by atoms with E-state index < -0.39 is 0 Å². The lowest BCUT2D eigenvalue weighted by Gasteiger charge is -2.28. The fourth-order valence-corrected chi connectivity index (χ4v) is 2.56. The monoisotopic (exact) mass is 250 g/mol. The van der Waals surface area contributed by atoms with E-state index in [1.165, 1.54) is 5.56 Å². The van der Waals surface area contributed by atoms with Crippen molar-refractivity contribution < 1.29 is 9.90 Å². The summed E-state index contributed by atoms with van der Waals surface area (Å²) < 4.78 is 0. The molecular formula is C14H22N2O2. The van der Waals surface area contributed by atoms with Crippen molar-refractivity contribution in [2.45, 2.75) is 38.2 Å². The van der Waals surface area contributed by atoms with Gasteiger partial charge in [0.2, 0.25) is 5.91 Å². The zero-order valence-corrected chi connectivity index (χ0v) is 10.9. The van der Waals surface area contributed by atoms with E-state index in [-0.39, 0.29) is 17.9 Å². The van der Waals surface area contributed by atoms with Gasteiger partial charge in [-0.25, -0.2) is 0 Å². The van der Waals surface area contributed by atoms with Crippen LogP contribution in [0, 0.1) is 5.92 Å². The molecule has 0 radical (unpaired) electrons. The normalized spacial score (nSPS) is 23.9. The number of aromatic nitrogens is 1. The van der Waals surface area contributed by atoms with Crippen molar-refractivity contribution in [3.05, 3.63) is 24.0 Å². The number of H-pyrrole nitrogens is 1. The van der Waals surface area contributed by atoms with Crippen molar-refractivity contribution in [2.75, 3.05) is 13.6 Å². The van der Waals surface area contributed by atoms with Gasteiger partial charge in [-0.15, -0.1) is 0 Å². The van der Waals surface area contributed by atoms with Gasteiger partial charge in [-0.2, -0.15) is 0 Å². The van der Waals surface area contributed by atoms with Crippen molar-refractivity contribution in [3.8, 4) is 0 Å². The van der Waals surface area contributed by atoms with E-state index in [4.69, 9.17) is 0 Å². The van der Waals surface area contributed by atoms with E-state index in [0.29, 0.717) is 0 Å². The average molecular weight is 250 g/mol. The molecule has 0 unspecified atom stereocenters. The minimum Gasteiger partial charge on any atom is -0.393 e. The van der Waals surface area contributed by atoms with Crippen LogP contribution in [0.1, 0.15) is 31.2 Å². The number of amides is 1. The largest absolute Gasteiger partial charge is 0.393 e. The summed E-state index contributed by atoms with van der Waals surface area (Å²) in [5, 5.41) is 9.45. The summed E-state index contributed by atoms with van der Waals surface area (Å²) >= 11 is 0. The fourth-order valence-electron chi connectivity index (χ4n) is 2.56. The summed E-state index contributed by atoms with van der Waals surface area (Å²) in [7, 11) is 1.88. The number of nitrogens with one attached hydrogen (secondary N) is 1. The lowest BCUT2D eigenvalue weighted by Crippen LogP contribution is -2.36. The molecular weight excluding hydrogens is 228 g/mol. The SMILES string of the molecule is CN(CCc1cc[nH]c1)C(=O)C1CCC(O)CC1. The fraction of sp³-hybridized carbons (Fsp3) is 0.643. The van der Waals surface area contributed by atoms with Crippen molar-refractivity contribution in [1.82, 2.24) is 9.88 Å². The minimum atomic E-state index is -0.195. The summed E-state index contributed by atoms with van der Waals surface area (Å²) in [6.45, 7) is 0.760. The summed E-state index contributed by atoms with van der Waals surface area (Å²) in [5.74, 6) is 0.349. The molecule has 100 valence electrons. The highest BCUT2D eigenvalue weighted by molar-refractivity contribution is 5.78. The van der Waals surface area contributed by atoms with Gasteiger partial charge >= 0.3 is 0 Å². The van der Waals surface area contributed by atoms with Crippen LogP contribution in [-0.4, -0.2) is 40.6 Å². The van der Waals surface area contributed by atoms with Crippen LogP contribution in [0.15, 0.2) is 18.5 Å². The lowest BCUT2D eigenvalue weighted by molar-refractivity contribution is -0.135. The molecule has 1 aromatic heterocycles. The quantitative estimate of drug-likeness (QED) is 0.852. The summed E-state index contributed by atoms with van der Waals surface area (Å²) in [6, 6.07) is 2.04. The van der Waals surface area contributed by atoms with E-state index in [1.54, 1.807) is 0 Å². The van der Waals surface area contributed by atoms with Gasteiger partial charge < -0.3 is 15.0 Å². The first-order valence-corrected chi connectivity index (χ1v) is 6.71. The van der Waals surface area contributed by atoms with Gasteiger partial charge in [-0.1, -0.05) is 0 Å². The molecule has 1 heterocycles. The molecule has 0 spiro atoms. The topological polar surface area (TPSA) is 56.3 Å². The Morgan fingerprint density at radius 2 is 2.17 bits per heavy atom. The van der Waals surface area contributed by atoms with E-state index in [0.717, 1.165) is 38.6 Å². The molecule has 2 N–H and O–H groups in total. The Labute approximate surface area is 108 Å². The van der Waals surface area contributed by atoms with E-state index >= 15 is 0 Å². The highest BCUT2D eigenvalue weighted by Crippen LogP contribution is 2.25. The Morgan fingerprint density at radius 3 is 2.78 bits per heavy atom. The molecule has 0 saturated heterocycles. The van der Waals surface area contributed by atoms with Crippen LogP contribution in [0.25, 0.3) is 0 Å². The van der Waals surface area contributed by atoms with Crippen molar-refractivity contribution in [2.24, 2.45) is 5.92 Å². The molecule has 0 atom stereocenters. The summed E-state index contributed by atoms with van der Waals surface area (Å²) in [5.41, 5.74) is 1.23. The molecule has 1 aliphatic carbocycles. The zero-order chi connectivity index (χ0) is 13.0. The van der Waals surface area contributed by atoms with E-state index in [2.05, 4.69) is 4.98 Å². The average Bonchev–Trinajstić information content (AvgIpc) is 2.89. The van der Waals surface area contributed by atoms with Gasteiger partial charge in [0, 0.05) is 31.9 Å². The first-order chi connectivity index (χ1) is 8.66. The van der Waals surface area contributed by atoms with Gasteiger partial charge in [0.1, 0.15) is 0 Å². The molecule has 18 heavy (non-hydrogen) atoms. The van der Waals surface area contributed by atoms with Crippen molar-refractivity contribution >= 4 is 5.91 Å². The smallest absolute Gasteiger partial charge is 0.225 e. The van der Waals surface area contributed by atoms with Crippen molar-refractivity contribution in [1.29, 1.82) is 0 Å². The molecule has 2 rings (SSSR count). The Morgan fingerprint density at radius 1 is 1.44 bits per heavy atom. The predicted octanol–water partition coefficient (Wildman–Crippen LogP) is 1.57. The summed E-state index contributed by atoms with van der Waals surface area (Å²) in [6.07, 6.45) is 7.75. The van der Waals surface area contributed by atoms with Crippen LogP contribution in [-0.2, 0) is 11.2 Å². The number of aromatic amines is 1. The predicted molar refractivity (Wildman–Crippen MR) is 70.1 cm³/mol. The number of aliphatic hydroxyl groups is 1. The minimum absolute atomic E-state index is 0.115. The van der Waals surface area contributed by atoms with Gasteiger partial charge in [0.05, 0.1) is 6.10 Å². The van der Waals surface area contributed by atoms with Crippen LogP contribution < -0.4 is 0 Å². The third-order valence-corrected chi connectivity index (χ3v) is 3.82. The van der Waals surface area contributed by atoms with Gasteiger partial charge in [0.25, 0.3) is 0 Å². The molecule has 1 amide bonds. The maximum atomic E-state index is 12.2. The summed E-state index contributed by atoms with van der Waals surface area (Å²) in [4.78, 5) is 17.0. The van der Waals surface area contributed by atoms with Crippen molar-refractivity contribution in [3.63, 3.8) is 0 Å². The van der Waals surface area contributed by atoms with Gasteiger partial charge in [-0.05, 0) is 43.7 Å². The number of hydrogen-bond donors (Lipinski definition) is 2. The van der Waals surface area contributed by atoms with E-state index in [9.17, 15) is 9.90 Å². The second-order valence-electron chi connectivity index (χ2n) is 5.23. The Kier molecular flexibility index (Phi) is 4.42. The van der Waals surface area contributed by atoms with Crippen LogP contribution in [0.4, 0.5) is 0 Å². The van der Waals surface area contributed by atoms with E-state index in [1.807, 2.05) is 30.4 Å². The molecule has 0 bridgehead atoms. The first-order valence-electron chi connectivity index (χ1n) is 6.71. The number of carbonyl (C=O) groups is 1. The van der Waals surface area contributed by atoms with Crippen LogP contribution >= 0.6 is 0 Å². The number of aliphatic hydroxyl groups excluding tert-OH is 1. The highest BCUT2D eigenvalue weighted by atomic mass is 16.3. The number of carbonyl (C=O) groups excluding carboxylic acids is 1. The lowest BCUT2D eigenvalue weighted by atomic mass is 9.86. The highest BCUT2D eigenvalue weighted by Gasteiger charge is 2.27. The maximum absolute atomic E-state index is 12.2. The van der Waals surface area contributed by atoms with Gasteiger partial charge in [-0.3, -0.25) is 4.79 Å². The first kappa shape index (κ1) is 13.1.